The van der Waals surface area contributed by atoms with Crippen molar-refractivity contribution in [1.29, 1.82) is 0 Å². The number of halogens is 2. The number of piperidine rings is 1. The number of hydrogen-bond donors (Lipinski definition) is 2. The molecule has 0 radical (unpaired) electrons. The van der Waals surface area contributed by atoms with E-state index >= 15 is 0 Å². The van der Waals surface area contributed by atoms with Crippen molar-refractivity contribution in [2.75, 3.05) is 19.7 Å². The molecule has 3 fully saturated rings. The Morgan fingerprint density at radius 2 is 2.00 bits per heavy atom. The molecule has 4 rings (SSSR count). The fraction of sp³-hybridized carbons (Fsp3) is 0.708. The molecule has 0 aromatic heterocycles. The van der Waals surface area contributed by atoms with E-state index in [0.29, 0.717) is 36.3 Å². The van der Waals surface area contributed by atoms with E-state index in [-0.39, 0.29) is 29.3 Å². The summed E-state index contributed by atoms with van der Waals surface area (Å²) in [4.78, 5) is 14.6. The van der Waals surface area contributed by atoms with Gasteiger partial charge in [0.15, 0.2) is 0 Å². The van der Waals surface area contributed by atoms with Gasteiger partial charge in [-0.25, -0.2) is 4.79 Å². The van der Waals surface area contributed by atoms with Gasteiger partial charge in [-0.2, -0.15) is 0 Å². The summed E-state index contributed by atoms with van der Waals surface area (Å²) < 4.78 is 12.6. The van der Waals surface area contributed by atoms with Gasteiger partial charge >= 0.3 is 6.03 Å². The zero-order chi connectivity index (χ0) is 23.1. The Bertz CT molecular complexity index is 851. The van der Waals surface area contributed by atoms with Crippen molar-refractivity contribution in [2.24, 2.45) is 5.41 Å². The predicted octanol–water partition coefficient (Wildman–Crippen LogP) is 4.78. The molecule has 2 amide bonds. The van der Waals surface area contributed by atoms with Gasteiger partial charge in [0.05, 0.1) is 30.0 Å². The molecular formula is C24H34Cl2N2O4. The number of hydrogen-bond acceptors (Lipinski definition) is 4. The van der Waals surface area contributed by atoms with Crippen LogP contribution >= 0.6 is 23.2 Å². The Kier molecular flexibility index (Phi) is 6.74. The second-order valence-corrected chi connectivity index (χ2v) is 11.3. The second kappa shape index (κ2) is 8.95. The van der Waals surface area contributed by atoms with Gasteiger partial charge in [-0.05, 0) is 76.0 Å². The third kappa shape index (κ3) is 5.05. The van der Waals surface area contributed by atoms with Gasteiger partial charge in [0.1, 0.15) is 0 Å². The maximum Gasteiger partial charge on any atom is 0.317 e. The summed E-state index contributed by atoms with van der Waals surface area (Å²) in [7, 11) is 0. The van der Waals surface area contributed by atoms with E-state index in [2.05, 4.69) is 12.2 Å². The van der Waals surface area contributed by atoms with Gasteiger partial charge < -0.3 is 24.8 Å². The van der Waals surface area contributed by atoms with Crippen LogP contribution in [0.5, 0.6) is 0 Å². The van der Waals surface area contributed by atoms with E-state index in [1.165, 1.54) is 0 Å². The van der Waals surface area contributed by atoms with Gasteiger partial charge in [0.2, 0.25) is 0 Å². The highest BCUT2D eigenvalue weighted by Crippen LogP contribution is 2.49. The summed E-state index contributed by atoms with van der Waals surface area (Å²) in [6.07, 6.45) is 4.39. The smallest absolute Gasteiger partial charge is 0.317 e. The van der Waals surface area contributed by atoms with Gasteiger partial charge in [-0.15, -0.1) is 0 Å². The monoisotopic (exact) mass is 484 g/mol. The summed E-state index contributed by atoms with van der Waals surface area (Å²) in [5.74, 6) is 0. The topological polar surface area (TPSA) is 71.0 Å². The van der Waals surface area contributed by atoms with Crippen LogP contribution in [-0.2, 0) is 16.0 Å². The zero-order valence-corrected chi connectivity index (χ0v) is 20.6. The molecule has 0 unspecified atom stereocenters. The number of urea groups is 1. The lowest BCUT2D eigenvalue weighted by Crippen LogP contribution is -2.48. The molecule has 3 heterocycles. The maximum absolute atomic E-state index is 12.7. The number of likely N-dealkylation sites (tertiary alicyclic amines) is 1. The molecule has 32 heavy (non-hydrogen) atoms. The highest BCUT2D eigenvalue weighted by molar-refractivity contribution is 6.35. The first kappa shape index (κ1) is 24.1. The van der Waals surface area contributed by atoms with E-state index < -0.39 is 5.60 Å². The number of carbonyl (C=O) groups excluding carboxylic acids is 1. The SMILES string of the molecule is CC(C)(O)[C@@H]1CC[C@](C)([C@@H]2CC3(CCN(C(=O)NCc4ccc(Cl)cc4Cl)CC3)CO2)O1. The highest BCUT2D eigenvalue weighted by atomic mass is 35.5. The molecule has 0 aliphatic carbocycles. The van der Waals surface area contributed by atoms with Crippen LogP contribution < -0.4 is 5.32 Å². The fourth-order valence-corrected chi connectivity index (χ4v) is 5.73. The third-order valence-electron chi connectivity index (χ3n) is 7.55. The Labute approximate surface area is 200 Å². The highest BCUT2D eigenvalue weighted by Gasteiger charge is 2.53. The van der Waals surface area contributed by atoms with Crippen LogP contribution in [0, 0.1) is 5.41 Å². The summed E-state index contributed by atoms with van der Waals surface area (Å²) in [5.41, 5.74) is -0.261. The quantitative estimate of drug-likeness (QED) is 0.644. The largest absolute Gasteiger partial charge is 0.388 e. The fourth-order valence-electron chi connectivity index (χ4n) is 5.26. The standard InChI is InChI=1S/C24H34Cl2N2O4/c1-22(2,30)19-6-7-23(3,32-19)20-13-24(15-31-20)8-10-28(11-9-24)21(29)27-14-16-4-5-17(25)12-18(16)26/h4-5,12,19-20,30H,6-11,13-15H2,1-3H3,(H,27,29)/t19-,20-,23+/m0/s1. The molecule has 3 aliphatic heterocycles. The summed E-state index contributed by atoms with van der Waals surface area (Å²) in [6.45, 7) is 8.23. The Hall–Kier alpha value is -1.05. The lowest BCUT2D eigenvalue weighted by Gasteiger charge is -2.39. The molecule has 2 N–H and O–H groups in total. The van der Waals surface area contributed by atoms with Gasteiger partial charge in [0, 0.05) is 29.7 Å². The molecule has 1 aromatic rings. The minimum absolute atomic E-state index is 0.0299. The van der Waals surface area contributed by atoms with E-state index in [9.17, 15) is 9.90 Å². The average Bonchev–Trinajstić information content (AvgIpc) is 3.33. The van der Waals surface area contributed by atoms with Crippen molar-refractivity contribution in [2.45, 2.75) is 82.8 Å². The van der Waals surface area contributed by atoms with E-state index in [1.54, 1.807) is 12.1 Å². The molecule has 3 atom stereocenters. The molecule has 1 spiro atoms. The van der Waals surface area contributed by atoms with Gasteiger partial charge in [0.25, 0.3) is 0 Å². The minimum atomic E-state index is -0.844. The summed E-state index contributed by atoms with van der Waals surface area (Å²) >= 11 is 12.1. The molecule has 0 bridgehead atoms. The molecule has 0 saturated carbocycles. The van der Waals surface area contributed by atoms with Crippen LogP contribution in [0.1, 0.15) is 58.4 Å². The van der Waals surface area contributed by atoms with Crippen LogP contribution in [0.4, 0.5) is 4.79 Å². The number of aliphatic hydroxyl groups is 1. The van der Waals surface area contributed by atoms with Crippen molar-refractivity contribution in [1.82, 2.24) is 10.2 Å². The molecule has 3 saturated heterocycles. The Balaban J connectivity index is 1.28. The first-order valence-corrected chi connectivity index (χ1v) is 12.2. The van der Waals surface area contributed by atoms with E-state index in [1.807, 2.05) is 24.8 Å². The molecule has 178 valence electrons. The second-order valence-electron chi connectivity index (χ2n) is 10.5. The number of carbonyl (C=O) groups is 1. The van der Waals surface area contributed by atoms with Crippen molar-refractivity contribution in [3.8, 4) is 0 Å². The molecule has 3 aliphatic rings. The van der Waals surface area contributed by atoms with Crippen LogP contribution in [-0.4, -0.2) is 59.1 Å². The van der Waals surface area contributed by atoms with Crippen molar-refractivity contribution >= 4 is 29.2 Å². The van der Waals surface area contributed by atoms with Crippen LogP contribution in [0.3, 0.4) is 0 Å². The molecule has 6 nitrogen and oxygen atoms in total. The zero-order valence-electron chi connectivity index (χ0n) is 19.1. The third-order valence-corrected chi connectivity index (χ3v) is 8.14. The van der Waals surface area contributed by atoms with Crippen molar-refractivity contribution in [3.05, 3.63) is 33.8 Å². The number of ether oxygens (including phenoxy) is 2. The number of nitrogens with zero attached hydrogens (tertiary/aromatic N) is 1. The summed E-state index contributed by atoms with van der Waals surface area (Å²) in [6, 6.07) is 5.22. The van der Waals surface area contributed by atoms with E-state index in [0.717, 1.165) is 37.7 Å². The lowest BCUT2D eigenvalue weighted by molar-refractivity contribution is -0.155. The molecular weight excluding hydrogens is 451 g/mol. The summed E-state index contributed by atoms with van der Waals surface area (Å²) in [5, 5.41) is 14.4. The molecule has 8 heteroatoms. The van der Waals surface area contributed by atoms with Gasteiger partial charge in [-0.3, -0.25) is 0 Å². The number of amides is 2. The maximum atomic E-state index is 12.7. The van der Waals surface area contributed by atoms with Crippen molar-refractivity contribution < 1.29 is 19.4 Å². The first-order chi connectivity index (χ1) is 15.0. The minimum Gasteiger partial charge on any atom is -0.388 e. The normalized spacial score (nSPS) is 30.1. The van der Waals surface area contributed by atoms with E-state index in [4.69, 9.17) is 32.7 Å². The van der Waals surface area contributed by atoms with Crippen LogP contribution in [0.15, 0.2) is 18.2 Å². The van der Waals surface area contributed by atoms with Crippen molar-refractivity contribution in [3.63, 3.8) is 0 Å². The lowest BCUT2D eigenvalue weighted by atomic mass is 9.74. The number of benzene rings is 1. The van der Waals surface area contributed by atoms with Gasteiger partial charge in [-0.1, -0.05) is 29.3 Å². The first-order valence-electron chi connectivity index (χ1n) is 11.5. The molecule has 1 aromatic carbocycles. The number of rotatable bonds is 4. The average molecular weight is 485 g/mol. The Morgan fingerprint density at radius 3 is 2.62 bits per heavy atom. The Morgan fingerprint density at radius 1 is 1.28 bits per heavy atom. The van der Waals surface area contributed by atoms with Crippen LogP contribution in [0.25, 0.3) is 0 Å². The number of nitrogens with one attached hydrogen (secondary N) is 1. The van der Waals surface area contributed by atoms with Crippen LogP contribution in [0.2, 0.25) is 10.0 Å². The predicted molar refractivity (Wildman–Crippen MR) is 125 cm³/mol.